The zero-order chi connectivity index (χ0) is 40.3. The molecular weight excluding hydrogens is 759 g/mol. The highest BCUT2D eigenvalue weighted by Gasteiger charge is 2.23. The van der Waals surface area contributed by atoms with Gasteiger partial charge in [-0.05, 0) is 104 Å². The normalized spacial score (nSPS) is 11.6. The van der Waals surface area contributed by atoms with Gasteiger partial charge in [0.05, 0.1) is 10.4 Å². The van der Waals surface area contributed by atoms with Gasteiger partial charge < -0.3 is 9.32 Å². The van der Waals surface area contributed by atoms with Gasteiger partial charge in [-0.15, -0.1) is 11.3 Å². The predicted molar refractivity (Wildman–Crippen MR) is 261 cm³/mol. The van der Waals surface area contributed by atoms with Gasteiger partial charge in [0, 0.05) is 43.2 Å². The molecule has 0 fully saturated rings. The lowest BCUT2D eigenvalue weighted by atomic mass is 9.97. The maximum absolute atomic E-state index is 6.29. The third-order valence-corrected chi connectivity index (χ3v) is 13.3. The van der Waals surface area contributed by atoms with Crippen LogP contribution >= 0.6 is 11.3 Å². The summed E-state index contributed by atoms with van der Waals surface area (Å²) >= 11 is 1.87. The Bertz CT molecular complexity index is 3560. The summed E-state index contributed by atoms with van der Waals surface area (Å²) in [6.07, 6.45) is 0. The van der Waals surface area contributed by atoms with Crippen LogP contribution in [0.25, 0.3) is 97.4 Å². The Balaban J connectivity index is 0.979. The van der Waals surface area contributed by atoms with Gasteiger partial charge >= 0.3 is 0 Å². The second kappa shape index (κ2) is 14.5. The Kier molecular flexibility index (Phi) is 8.39. The smallest absolute Gasteiger partial charge is 0.136 e. The first-order valence-electron chi connectivity index (χ1n) is 20.7. The van der Waals surface area contributed by atoms with E-state index in [2.05, 4.69) is 217 Å². The summed E-state index contributed by atoms with van der Waals surface area (Å²) < 4.78 is 8.83. The number of thiophene rings is 1. The lowest BCUT2D eigenvalue weighted by Crippen LogP contribution is -2.11. The largest absolute Gasteiger partial charge is 0.456 e. The van der Waals surface area contributed by atoms with Crippen LogP contribution < -0.4 is 4.90 Å². The molecule has 10 aromatic carbocycles. The molecule has 12 rings (SSSR count). The first-order chi connectivity index (χ1) is 30.2. The molecule has 0 aliphatic carbocycles. The number of benzene rings is 10. The lowest BCUT2D eigenvalue weighted by Gasteiger charge is -2.29. The molecule has 0 spiro atoms. The van der Waals surface area contributed by atoms with E-state index in [4.69, 9.17) is 4.42 Å². The van der Waals surface area contributed by atoms with E-state index >= 15 is 0 Å². The maximum Gasteiger partial charge on any atom is 0.136 e. The van der Waals surface area contributed by atoms with Crippen molar-refractivity contribution >= 4 is 81.3 Å². The van der Waals surface area contributed by atoms with Crippen LogP contribution in [0, 0.1) is 0 Å². The van der Waals surface area contributed by atoms with Crippen molar-refractivity contribution in [3.8, 4) is 44.5 Å². The first-order valence-corrected chi connectivity index (χ1v) is 21.5. The highest BCUT2D eigenvalue weighted by atomic mass is 32.1. The summed E-state index contributed by atoms with van der Waals surface area (Å²) in [6, 6.07) is 81.3. The van der Waals surface area contributed by atoms with Crippen molar-refractivity contribution in [2.75, 3.05) is 4.90 Å². The van der Waals surface area contributed by atoms with E-state index in [1.165, 1.54) is 70.0 Å². The molecule has 2 nitrogen and oxygen atoms in total. The lowest BCUT2D eigenvalue weighted by molar-refractivity contribution is 0.669. The van der Waals surface area contributed by atoms with Crippen LogP contribution in [0.15, 0.2) is 229 Å². The number of anilines is 3. The number of hydrogen-bond acceptors (Lipinski definition) is 3. The number of hydrogen-bond donors (Lipinski definition) is 0. The molecular formula is C58H37NOS. The molecule has 2 aromatic heterocycles. The highest BCUT2D eigenvalue weighted by Crippen LogP contribution is 2.50. The Morgan fingerprint density at radius 3 is 1.59 bits per heavy atom. The Hall–Kier alpha value is -7.72. The standard InChI is InChI=1S/C58H37NOS/c1-2-11-43(12-3-1)49-34-35-53-52-15-7-9-17-56(52)61-58(53)57(49)59(48-31-26-42(27-32-48)46-28-33-51-50-14-6-8-16-54(50)60-55(51)37-46)47-29-24-40(25-30-47)39-18-20-41(21-19-39)45-23-22-38-10-4-5-13-44(38)36-45/h1-37H. The van der Waals surface area contributed by atoms with Crippen molar-refractivity contribution in [3.63, 3.8) is 0 Å². The molecule has 0 aliphatic heterocycles. The zero-order valence-electron chi connectivity index (χ0n) is 33.1. The SMILES string of the molecule is c1ccc(-c2ccc3c(sc4ccccc43)c2N(c2ccc(-c3ccc(-c4ccc5ccccc5c4)cc3)cc2)c2ccc(-c3ccc4c(c3)oc3ccccc34)cc2)cc1. The second-order valence-corrected chi connectivity index (χ2v) is 16.7. The van der Waals surface area contributed by atoms with E-state index in [0.717, 1.165) is 44.4 Å². The molecule has 12 aromatic rings. The summed E-state index contributed by atoms with van der Waals surface area (Å²) in [5, 5.41) is 7.33. The van der Waals surface area contributed by atoms with Crippen molar-refractivity contribution in [2.45, 2.75) is 0 Å². The van der Waals surface area contributed by atoms with Gasteiger partial charge in [0.15, 0.2) is 0 Å². The summed E-state index contributed by atoms with van der Waals surface area (Å²) in [5.41, 5.74) is 14.6. The molecule has 2 heterocycles. The van der Waals surface area contributed by atoms with Crippen LogP contribution in [0.3, 0.4) is 0 Å². The third-order valence-electron chi connectivity index (χ3n) is 12.1. The zero-order valence-corrected chi connectivity index (χ0v) is 33.9. The Morgan fingerprint density at radius 2 is 0.852 bits per heavy atom. The fourth-order valence-corrected chi connectivity index (χ4v) is 10.2. The van der Waals surface area contributed by atoms with E-state index in [1.807, 2.05) is 23.5 Å². The molecule has 0 saturated carbocycles. The average Bonchev–Trinajstić information content (AvgIpc) is 3.91. The van der Waals surface area contributed by atoms with Gasteiger partial charge in [-0.25, -0.2) is 0 Å². The minimum absolute atomic E-state index is 0.900. The number of rotatable bonds is 7. The van der Waals surface area contributed by atoms with E-state index < -0.39 is 0 Å². The molecule has 3 heteroatoms. The minimum atomic E-state index is 0.900. The molecule has 0 bridgehead atoms. The fourth-order valence-electron chi connectivity index (χ4n) is 8.99. The van der Waals surface area contributed by atoms with E-state index in [9.17, 15) is 0 Å². The van der Waals surface area contributed by atoms with Crippen molar-refractivity contribution in [1.29, 1.82) is 0 Å². The quantitative estimate of drug-likeness (QED) is 0.160. The summed E-state index contributed by atoms with van der Waals surface area (Å²) in [6.45, 7) is 0. The third kappa shape index (κ3) is 6.18. The Labute approximate surface area is 357 Å². The van der Waals surface area contributed by atoms with E-state index in [-0.39, 0.29) is 0 Å². The number of fused-ring (bicyclic) bond motifs is 7. The number of nitrogens with zero attached hydrogens (tertiary/aromatic N) is 1. The number of furan rings is 1. The van der Waals surface area contributed by atoms with Crippen LogP contribution in [0.5, 0.6) is 0 Å². The maximum atomic E-state index is 6.29. The van der Waals surface area contributed by atoms with Gasteiger partial charge in [0.25, 0.3) is 0 Å². The molecule has 0 unspecified atom stereocenters. The van der Waals surface area contributed by atoms with Crippen LogP contribution in [-0.4, -0.2) is 0 Å². The minimum Gasteiger partial charge on any atom is -0.456 e. The summed E-state index contributed by atoms with van der Waals surface area (Å²) in [4.78, 5) is 2.46. The van der Waals surface area contributed by atoms with Gasteiger partial charge in [-0.2, -0.15) is 0 Å². The highest BCUT2D eigenvalue weighted by molar-refractivity contribution is 7.26. The van der Waals surface area contributed by atoms with Crippen LogP contribution in [0.2, 0.25) is 0 Å². The van der Waals surface area contributed by atoms with Gasteiger partial charge in [0.2, 0.25) is 0 Å². The fraction of sp³-hybridized carbons (Fsp3) is 0. The molecule has 0 atom stereocenters. The van der Waals surface area contributed by atoms with Crippen LogP contribution in [0.4, 0.5) is 17.1 Å². The second-order valence-electron chi connectivity index (χ2n) is 15.7. The van der Waals surface area contributed by atoms with Crippen LogP contribution in [-0.2, 0) is 0 Å². The summed E-state index contributed by atoms with van der Waals surface area (Å²) in [7, 11) is 0. The molecule has 0 radical (unpaired) electrons. The van der Waals surface area contributed by atoms with E-state index in [0.29, 0.717) is 0 Å². The van der Waals surface area contributed by atoms with Crippen molar-refractivity contribution < 1.29 is 4.42 Å². The van der Waals surface area contributed by atoms with Gasteiger partial charge in [-0.1, -0.05) is 170 Å². The number of para-hydroxylation sites is 1. The van der Waals surface area contributed by atoms with Crippen LogP contribution in [0.1, 0.15) is 0 Å². The van der Waals surface area contributed by atoms with Crippen molar-refractivity contribution in [1.82, 2.24) is 0 Å². The van der Waals surface area contributed by atoms with E-state index in [1.54, 1.807) is 0 Å². The first kappa shape index (κ1) is 35.2. The molecule has 286 valence electrons. The predicted octanol–water partition coefficient (Wildman–Crippen LogP) is 17.2. The molecule has 0 amide bonds. The molecule has 61 heavy (non-hydrogen) atoms. The summed E-state index contributed by atoms with van der Waals surface area (Å²) in [5.74, 6) is 0. The average molecular weight is 796 g/mol. The van der Waals surface area contributed by atoms with Crippen molar-refractivity contribution in [3.05, 3.63) is 224 Å². The molecule has 0 N–H and O–H groups in total. The molecule has 0 saturated heterocycles. The van der Waals surface area contributed by atoms with Gasteiger partial charge in [0.1, 0.15) is 11.2 Å². The Morgan fingerprint density at radius 1 is 0.328 bits per heavy atom. The topological polar surface area (TPSA) is 16.4 Å². The molecule has 0 aliphatic rings. The monoisotopic (exact) mass is 795 g/mol. The van der Waals surface area contributed by atoms with Crippen molar-refractivity contribution in [2.24, 2.45) is 0 Å². The van der Waals surface area contributed by atoms with Gasteiger partial charge in [-0.3, -0.25) is 0 Å².